The number of carbonyl (C=O) groups excluding carboxylic acids is 1. The Hall–Kier alpha value is -2.75. The van der Waals surface area contributed by atoms with Crippen molar-refractivity contribution in [2.45, 2.75) is 25.2 Å². The Balaban J connectivity index is 1.62. The number of rotatable bonds is 2. The highest BCUT2D eigenvalue weighted by Gasteiger charge is 2.61. The van der Waals surface area contributed by atoms with Gasteiger partial charge in [-0.05, 0) is 42.2 Å². The van der Waals surface area contributed by atoms with Crippen LogP contribution in [0.3, 0.4) is 0 Å². The Labute approximate surface area is 151 Å². The van der Waals surface area contributed by atoms with Crippen molar-refractivity contribution in [2.24, 2.45) is 17.3 Å². The molecule has 5 rings (SSSR count). The van der Waals surface area contributed by atoms with Crippen molar-refractivity contribution in [2.75, 3.05) is 0 Å². The van der Waals surface area contributed by atoms with E-state index in [0.717, 1.165) is 36.0 Å². The first kappa shape index (κ1) is 15.5. The largest absolute Gasteiger partial charge is 0.293 e. The third-order valence-corrected chi connectivity index (χ3v) is 6.72. The summed E-state index contributed by atoms with van der Waals surface area (Å²) in [4.78, 5) is 24.3. The van der Waals surface area contributed by atoms with Crippen molar-refractivity contribution >= 4 is 11.5 Å². The molecule has 3 aliphatic rings. The molecule has 2 bridgehead atoms. The summed E-state index contributed by atoms with van der Waals surface area (Å²) in [5.41, 5.74) is 2.77. The molecule has 4 atom stereocenters. The van der Waals surface area contributed by atoms with Gasteiger partial charge in [-0.3, -0.25) is 14.9 Å². The molecule has 4 nitrogen and oxygen atoms in total. The van der Waals surface area contributed by atoms with Crippen molar-refractivity contribution in [3.63, 3.8) is 0 Å². The van der Waals surface area contributed by atoms with Crippen LogP contribution in [0.2, 0.25) is 0 Å². The third-order valence-electron chi connectivity index (χ3n) is 6.72. The van der Waals surface area contributed by atoms with E-state index in [1.165, 1.54) is 0 Å². The smallest absolute Gasteiger partial charge is 0.269 e. The first-order valence-corrected chi connectivity index (χ1v) is 9.16. The zero-order valence-electron chi connectivity index (χ0n) is 14.3. The van der Waals surface area contributed by atoms with Gasteiger partial charge in [-0.25, -0.2) is 0 Å². The number of fused-ring (bicyclic) bond motifs is 4. The lowest BCUT2D eigenvalue weighted by atomic mass is 9.57. The van der Waals surface area contributed by atoms with Gasteiger partial charge >= 0.3 is 0 Å². The zero-order chi connectivity index (χ0) is 17.9. The number of aryl methyl sites for hydroxylation is 1. The van der Waals surface area contributed by atoms with Gasteiger partial charge in [0.2, 0.25) is 0 Å². The fourth-order valence-corrected chi connectivity index (χ4v) is 5.63. The van der Waals surface area contributed by atoms with E-state index in [2.05, 4.69) is 18.2 Å². The number of hydrogen-bond acceptors (Lipinski definition) is 3. The standard InChI is InChI=1S/C22H19NO3/c24-21-19-4-2-1-3-14(19)11-12-22(21)17-8-5-16(13-17)20(22)15-6-9-18(10-7-15)23(25)26/h1-10,16-17,20H,11-13H2/t16-,17-,20-,22-/m0/s1. The minimum Gasteiger partial charge on any atom is -0.293 e. The van der Waals surface area contributed by atoms with Gasteiger partial charge in [0.25, 0.3) is 5.69 Å². The average Bonchev–Trinajstić information content (AvgIpc) is 3.26. The summed E-state index contributed by atoms with van der Waals surface area (Å²) in [6.07, 6.45) is 7.27. The molecular weight excluding hydrogens is 326 g/mol. The lowest BCUT2D eigenvalue weighted by molar-refractivity contribution is -0.384. The van der Waals surface area contributed by atoms with Crippen LogP contribution in [0.1, 0.15) is 40.2 Å². The van der Waals surface area contributed by atoms with E-state index in [1.807, 2.05) is 30.3 Å². The molecule has 0 heterocycles. The van der Waals surface area contributed by atoms with Crippen molar-refractivity contribution < 1.29 is 9.72 Å². The van der Waals surface area contributed by atoms with Crippen molar-refractivity contribution in [3.8, 4) is 0 Å². The van der Waals surface area contributed by atoms with Gasteiger partial charge in [0.1, 0.15) is 0 Å². The van der Waals surface area contributed by atoms with Gasteiger partial charge < -0.3 is 0 Å². The minimum absolute atomic E-state index is 0.0989. The van der Waals surface area contributed by atoms with Crippen molar-refractivity contribution in [1.82, 2.24) is 0 Å². The molecule has 3 aliphatic carbocycles. The molecule has 0 amide bonds. The molecule has 1 saturated carbocycles. The van der Waals surface area contributed by atoms with E-state index >= 15 is 0 Å². The number of nitrogens with zero attached hydrogens (tertiary/aromatic N) is 1. The highest BCUT2D eigenvalue weighted by atomic mass is 16.6. The Kier molecular flexibility index (Phi) is 3.20. The molecule has 2 aromatic rings. The van der Waals surface area contributed by atoms with Crippen LogP contribution in [0, 0.1) is 27.4 Å². The summed E-state index contributed by atoms with van der Waals surface area (Å²) < 4.78 is 0. The second-order valence-electron chi connectivity index (χ2n) is 7.74. The maximum atomic E-state index is 13.6. The summed E-state index contributed by atoms with van der Waals surface area (Å²) >= 11 is 0. The number of Topliss-reactive ketones (excluding diaryl/α,β-unsaturated/α-hetero) is 1. The topological polar surface area (TPSA) is 60.2 Å². The second-order valence-corrected chi connectivity index (χ2v) is 7.74. The molecule has 0 radical (unpaired) electrons. The number of allylic oxidation sites excluding steroid dienone is 2. The SMILES string of the molecule is O=C1c2ccccc2CC[C@@]12[C@H]1C=C[C@@H](C1)[C@@H]2c1ccc([N+](=O)[O-])cc1. The van der Waals surface area contributed by atoms with E-state index in [0.29, 0.717) is 5.92 Å². The van der Waals surface area contributed by atoms with E-state index in [1.54, 1.807) is 12.1 Å². The van der Waals surface area contributed by atoms with Crippen LogP contribution in [0.25, 0.3) is 0 Å². The third kappa shape index (κ3) is 1.93. The molecule has 0 N–H and O–H groups in total. The first-order chi connectivity index (χ1) is 12.6. The molecule has 0 saturated heterocycles. The van der Waals surface area contributed by atoms with E-state index in [4.69, 9.17) is 0 Å². The molecule has 2 aromatic carbocycles. The van der Waals surface area contributed by atoms with Crippen LogP contribution in [0.15, 0.2) is 60.7 Å². The van der Waals surface area contributed by atoms with Crippen LogP contribution in [0.5, 0.6) is 0 Å². The van der Waals surface area contributed by atoms with Gasteiger partial charge in [-0.1, -0.05) is 48.6 Å². The quantitative estimate of drug-likeness (QED) is 0.450. The highest BCUT2D eigenvalue weighted by molar-refractivity contribution is 6.04. The zero-order valence-corrected chi connectivity index (χ0v) is 14.3. The van der Waals surface area contributed by atoms with Crippen LogP contribution in [-0.2, 0) is 6.42 Å². The highest BCUT2D eigenvalue weighted by Crippen LogP contribution is 2.64. The summed E-state index contributed by atoms with van der Waals surface area (Å²) in [5, 5.41) is 11.0. The van der Waals surface area contributed by atoms with Crippen LogP contribution in [0.4, 0.5) is 5.69 Å². The molecule has 0 unspecified atom stereocenters. The van der Waals surface area contributed by atoms with Gasteiger partial charge in [-0.2, -0.15) is 0 Å². The maximum absolute atomic E-state index is 13.6. The van der Waals surface area contributed by atoms with E-state index in [-0.39, 0.29) is 28.2 Å². The molecular formula is C22H19NO3. The lowest BCUT2D eigenvalue weighted by Gasteiger charge is -2.44. The van der Waals surface area contributed by atoms with Gasteiger partial charge in [-0.15, -0.1) is 0 Å². The number of non-ortho nitro benzene ring substituents is 1. The summed E-state index contributed by atoms with van der Waals surface area (Å²) in [7, 11) is 0. The maximum Gasteiger partial charge on any atom is 0.269 e. The normalized spacial score (nSPS) is 31.4. The second kappa shape index (κ2) is 5.37. The number of nitro benzene ring substituents is 1. The molecule has 0 aromatic heterocycles. The van der Waals surface area contributed by atoms with Crippen molar-refractivity contribution in [3.05, 3.63) is 87.5 Å². The number of ketones is 1. The predicted octanol–water partition coefficient (Wildman–Crippen LogP) is 4.70. The predicted molar refractivity (Wildman–Crippen MR) is 98.1 cm³/mol. The molecule has 1 spiro atoms. The summed E-state index contributed by atoms with van der Waals surface area (Å²) in [6.45, 7) is 0. The molecule has 4 heteroatoms. The monoisotopic (exact) mass is 345 g/mol. The summed E-state index contributed by atoms with van der Waals surface area (Å²) in [5.74, 6) is 0.989. The lowest BCUT2D eigenvalue weighted by Crippen LogP contribution is -2.44. The van der Waals surface area contributed by atoms with Crippen LogP contribution >= 0.6 is 0 Å². The van der Waals surface area contributed by atoms with E-state index in [9.17, 15) is 14.9 Å². The average molecular weight is 345 g/mol. The Morgan fingerprint density at radius 2 is 1.81 bits per heavy atom. The van der Waals surface area contributed by atoms with Gasteiger partial charge in [0.05, 0.1) is 4.92 Å². The number of nitro groups is 1. The number of benzene rings is 2. The summed E-state index contributed by atoms with van der Waals surface area (Å²) in [6, 6.07) is 14.8. The fourth-order valence-electron chi connectivity index (χ4n) is 5.63. The Morgan fingerprint density at radius 3 is 2.58 bits per heavy atom. The first-order valence-electron chi connectivity index (χ1n) is 9.16. The molecule has 0 aliphatic heterocycles. The van der Waals surface area contributed by atoms with Crippen LogP contribution in [-0.4, -0.2) is 10.7 Å². The van der Waals surface area contributed by atoms with Gasteiger partial charge in [0.15, 0.2) is 5.78 Å². The Bertz CT molecular complexity index is 946. The van der Waals surface area contributed by atoms with Crippen molar-refractivity contribution in [1.29, 1.82) is 0 Å². The van der Waals surface area contributed by atoms with Crippen LogP contribution < -0.4 is 0 Å². The molecule has 130 valence electrons. The minimum atomic E-state index is -0.399. The molecule has 1 fully saturated rings. The van der Waals surface area contributed by atoms with E-state index < -0.39 is 5.41 Å². The fraction of sp³-hybridized carbons (Fsp3) is 0.318. The van der Waals surface area contributed by atoms with Gasteiger partial charge in [0, 0.05) is 29.0 Å². The number of carbonyl (C=O) groups is 1. The number of hydrogen-bond donors (Lipinski definition) is 0. The molecule has 26 heavy (non-hydrogen) atoms. The Morgan fingerprint density at radius 1 is 1.04 bits per heavy atom.